The summed E-state index contributed by atoms with van der Waals surface area (Å²) in [6, 6.07) is 7.48. The normalized spacial score (nSPS) is 25.1. The highest BCUT2D eigenvalue weighted by Gasteiger charge is 2.42. The van der Waals surface area contributed by atoms with Gasteiger partial charge >= 0.3 is 0 Å². The van der Waals surface area contributed by atoms with Gasteiger partial charge in [0.25, 0.3) is 5.91 Å². The third-order valence-electron chi connectivity index (χ3n) is 6.25. The molecule has 2 amide bonds. The second kappa shape index (κ2) is 7.79. The predicted molar refractivity (Wildman–Crippen MR) is 101 cm³/mol. The van der Waals surface area contributed by atoms with Crippen molar-refractivity contribution >= 4 is 11.8 Å². The predicted octanol–water partition coefficient (Wildman–Crippen LogP) is 2.32. The Kier molecular flexibility index (Phi) is 5.23. The Balaban J connectivity index is 1.39. The number of hydrogen-bond donors (Lipinski definition) is 0. The molecule has 0 spiro atoms. The van der Waals surface area contributed by atoms with Crippen LogP contribution in [0.2, 0.25) is 0 Å². The highest BCUT2D eigenvalue weighted by Crippen LogP contribution is 2.34. The van der Waals surface area contributed by atoms with Crippen molar-refractivity contribution in [2.75, 3.05) is 33.4 Å². The topological polar surface area (TPSA) is 59.1 Å². The van der Waals surface area contributed by atoms with E-state index < -0.39 is 0 Å². The Bertz CT molecular complexity index is 703. The van der Waals surface area contributed by atoms with Gasteiger partial charge < -0.3 is 19.3 Å². The molecular weight excluding hydrogens is 344 g/mol. The average Bonchev–Trinajstić information content (AvgIpc) is 2.94. The summed E-state index contributed by atoms with van der Waals surface area (Å²) >= 11 is 0. The van der Waals surface area contributed by atoms with Crippen LogP contribution in [-0.4, -0.2) is 61.0 Å². The minimum atomic E-state index is -0.0592. The Morgan fingerprint density at radius 2 is 1.89 bits per heavy atom. The van der Waals surface area contributed by atoms with E-state index in [-0.39, 0.29) is 30.4 Å². The fraction of sp³-hybridized carbons (Fsp3) is 0.619. The monoisotopic (exact) mass is 372 g/mol. The summed E-state index contributed by atoms with van der Waals surface area (Å²) < 4.78 is 11.0. The molecule has 4 fully saturated rings. The quantitative estimate of drug-likeness (QED) is 0.769. The summed E-state index contributed by atoms with van der Waals surface area (Å²) in [5, 5.41) is 0. The number of para-hydroxylation sites is 2. The number of carbonyl (C=O) groups excluding carboxylic acids is 2. The van der Waals surface area contributed by atoms with Crippen molar-refractivity contribution < 1.29 is 19.1 Å². The lowest BCUT2D eigenvalue weighted by molar-refractivity contribution is -0.141. The summed E-state index contributed by atoms with van der Waals surface area (Å²) in [5.41, 5.74) is 0. The minimum Gasteiger partial charge on any atom is -0.493 e. The first-order valence-electron chi connectivity index (χ1n) is 9.99. The van der Waals surface area contributed by atoms with E-state index in [0.29, 0.717) is 30.5 Å². The van der Waals surface area contributed by atoms with Crippen molar-refractivity contribution in [2.45, 2.75) is 38.1 Å². The van der Waals surface area contributed by atoms with Crippen LogP contribution < -0.4 is 9.47 Å². The van der Waals surface area contributed by atoms with E-state index in [1.54, 1.807) is 13.2 Å². The summed E-state index contributed by atoms with van der Waals surface area (Å²) in [6.07, 6.45) is 5.64. The van der Waals surface area contributed by atoms with Crippen LogP contribution in [0.25, 0.3) is 0 Å². The molecular formula is C21H28N2O4. The molecule has 3 heterocycles. The number of hydrogen-bond acceptors (Lipinski definition) is 4. The number of nitrogens with zero attached hydrogens (tertiary/aromatic N) is 2. The minimum absolute atomic E-state index is 0.0311. The molecule has 27 heavy (non-hydrogen) atoms. The highest BCUT2D eigenvalue weighted by atomic mass is 16.5. The zero-order valence-corrected chi connectivity index (χ0v) is 15.9. The maximum absolute atomic E-state index is 12.9. The molecule has 0 aromatic heterocycles. The Hall–Kier alpha value is -2.24. The van der Waals surface area contributed by atoms with E-state index in [2.05, 4.69) is 4.90 Å². The van der Waals surface area contributed by atoms with Gasteiger partial charge in [0, 0.05) is 25.7 Å². The van der Waals surface area contributed by atoms with E-state index in [0.717, 1.165) is 19.4 Å². The van der Waals surface area contributed by atoms with Crippen LogP contribution in [0.1, 0.15) is 32.1 Å². The summed E-state index contributed by atoms with van der Waals surface area (Å²) in [6.45, 7) is 1.99. The Morgan fingerprint density at radius 1 is 1.11 bits per heavy atom. The van der Waals surface area contributed by atoms with Crippen LogP contribution in [0.3, 0.4) is 0 Å². The molecule has 2 atom stereocenters. The molecule has 0 unspecified atom stereocenters. The lowest BCUT2D eigenvalue weighted by Crippen LogP contribution is -2.50. The first kappa shape index (κ1) is 18.1. The number of amides is 2. The number of benzene rings is 1. The molecule has 146 valence electrons. The van der Waals surface area contributed by atoms with Gasteiger partial charge in [0.1, 0.15) is 0 Å². The second-order valence-electron chi connectivity index (χ2n) is 7.95. The molecule has 5 rings (SSSR count). The van der Waals surface area contributed by atoms with E-state index in [1.165, 1.54) is 19.3 Å². The molecule has 0 radical (unpaired) electrons. The van der Waals surface area contributed by atoms with Gasteiger partial charge in [-0.2, -0.15) is 0 Å². The van der Waals surface area contributed by atoms with Crippen LogP contribution in [0.15, 0.2) is 24.3 Å². The van der Waals surface area contributed by atoms with Crippen molar-refractivity contribution in [3.63, 3.8) is 0 Å². The van der Waals surface area contributed by atoms with E-state index in [1.807, 2.05) is 23.1 Å². The fourth-order valence-corrected chi connectivity index (χ4v) is 4.41. The number of carbonyl (C=O) groups is 2. The summed E-state index contributed by atoms with van der Waals surface area (Å²) in [7, 11) is 1.58. The largest absolute Gasteiger partial charge is 0.493 e. The molecule has 3 saturated heterocycles. The molecule has 6 heteroatoms. The average molecular weight is 372 g/mol. The van der Waals surface area contributed by atoms with Gasteiger partial charge in [0.05, 0.1) is 13.0 Å². The molecule has 1 aliphatic carbocycles. The van der Waals surface area contributed by atoms with Gasteiger partial charge in [-0.15, -0.1) is 0 Å². The first-order valence-corrected chi connectivity index (χ1v) is 9.99. The third kappa shape index (κ3) is 3.75. The number of methoxy groups -OCH3 is 1. The Morgan fingerprint density at radius 3 is 2.59 bits per heavy atom. The van der Waals surface area contributed by atoms with Gasteiger partial charge in [0.15, 0.2) is 18.1 Å². The van der Waals surface area contributed by atoms with E-state index in [9.17, 15) is 9.59 Å². The summed E-state index contributed by atoms with van der Waals surface area (Å²) in [4.78, 5) is 29.5. The lowest BCUT2D eigenvalue weighted by atomic mass is 9.83. The number of rotatable bonds is 6. The number of fused-ring (bicyclic) bond motifs is 4. The molecule has 1 aromatic rings. The van der Waals surface area contributed by atoms with E-state index in [4.69, 9.17) is 9.47 Å². The zero-order chi connectivity index (χ0) is 18.8. The van der Waals surface area contributed by atoms with Crippen LogP contribution in [0, 0.1) is 11.8 Å². The van der Waals surface area contributed by atoms with Gasteiger partial charge in [0.2, 0.25) is 5.91 Å². The maximum atomic E-state index is 12.9. The van der Waals surface area contributed by atoms with Crippen molar-refractivity contribution in [3.05, 3.63) is 24.3 Å². The molecule has 4 aliphatic rings. The summed E-state index contributed by atoms with van der Waals surface area (Å²) in [5.74, 6) is 1.97. The molecule has 0 N–H and O–H groups in total. The SMILES string of the molecule is COc1ccccc1OCC(=O)N1C[C@H]2CC[C@@H](C1)N(CC1CCC1)C2=O. The lowest BCUT2D eigenvalue weighted by Gasteiger charge is -2.40. The molecule has 1 aromatic carbocycles. The van der Waals surface area contributed by atoms with Crippen molar-refractivity contribution in [3.8, 4) is 11.5 Å². The van der Waals surface area contributed by atoms with Crippen LogP contribution >= 0.6 is 0 Å². The molecule has 6 nitrogen and oxygen atoms in total. The number of piperidine rings is 1. The first-order chi connectivity index (χ1) is 13.2. The standard InChI is InChI=1S/C21H28N2O4/c1-26-18-7-2-3-8-19(18)27-14-20(24)22-12-16-9-10-17(13-22)23(21(16)25)11-15-5-4-6-15/h2-3,7-8,15-17H,4-6,9-14H2,1H3/t16-,17+/m1/s1. The highest BCUT2D eigenvalue weighted by molar-refractivity contribution is 5.83. The smallest absolute Gasteiger partial charge is 0.260 e. The Labute approximate surface area is 160 Å². The maximum Gasteiger partial charge on any atom is 0.260 e. The zero-order valence-electron chi connectivity index (χ0n) is 15.9. The van der Waals surface area contributed by atoms with Gasteiger partial charge in [-0.05, 0) is 43.7 Å². The third-order valence-corrected chi connectivity index (χ3v) is 6.25. The van der Waals surface area contributed by atoms with Crippen molar-refractivity contribution in [1.29, 1.82) is 0 Å². The van der Waals surface area contributed by atoms with Gasteiger partial charge in [-0.25, -0.2) is 0 Å². The molecule has 1 saturated carbocycles. The van der Waals surface area contributed by atoms with Gasteiger partial charge in [-0.3, -0.25) is 9.59 Å². The van der Waals surface area contributed by atoms with Crippen LogP contribution in [-0.2, 0) is 9.59 Å². The van der Waals surface area contributed by atoms with Crippen molar-refractivity contribution in [2.24, 2.45) is 11.8 Å². The van der Waals surface area contributed by atoms with Gasteiger partial charge in [-0.1, -0.05) is 18.6 Å². The van der Waals surface area contributed by atoms with Crippen LogP contribution in [0.5, 0.6) is 11.5 Å². The molecule has 2 bridgehead atoms. The van der Waals surface area contributed by atoms with Crippen molar-refractivity contribution in [1.82, 2.24) is 9.80 Å². The second-order valence-corrected chi connectivity index (χ2v) is 7.95. The molecule has 3 aliphatic heterocycles. The van der Waals surface area contributed by atoms with E-state index >= 15 is 0 Å². The fourth-order valence-electron chi connectivity index (χ4n) is 4.41. The number of ether oxygens (including phenoxy) is 2. The van der Waals surface area contributed by atoms with Crippen LogP contribution in [0.4, 0.5) is 0 Å².